The van der Waals surface area contributed by atoms with E-state index in [1.807, 2.05) is 0 Å². The molecule has 1 N–H and O–H groups in total. The Morgan fingerprint density at radius 1 is 1.43 bits per heavy atom. The molecule has 2 nitrogen and oxygen atoms in total. The lowest BCUT2D eigenvalue weighted by Crippen LogP contribution is -2.05. The van der Waals surface area contributed by atoms with Gasteiger partial charge in [-0.1, -0.05) is 0 Å². The summed E-state index contributed by atoms with van der Waals surface area (Å²) in [4.78, 5) is 3.74. The zero-order chi connectivity index (χ0) is 10.6. The summed E-state index contributed by atoms with van der Waals surface area (Å²) in [6, 6.07) is 1.89. The van der Waals surface area contributed by atoms with Gasteiger partial charge in [-0.15, -0.1) is 11.8 Å². The van der Waals surface area contributed by atoms with Crippen molar-refractivity contribution in [2.75, 3.05) is 12.4 Å². The molecular weight excluding hydrogens is 215 g/mol. The number of rotatable bonds is 3. The average molecular weight is 223 g/mol. The van der Waals surface area contributed by atoms with Crippen LogP contribution in [0.15, 0.2) is 23.4 Å². The van der Waals surface area contributed by atoms with E-state index in [0.717, 1.165) is 30.1 Å². The normalized spacial score (nSPS) is 11.7. The van der Waals surface area contributed by atoms with Crippen LogP contribution in [-0.4, -0.2) is 22.5 Å². The quantitative estimate of drug-likeness (QED) is 0.797. The van der Waals surface area contributed by atoms with E-state index in [2.05, 4.69) is 4.98 Å². The van der Waals surface area contributed by atoms with Gasteiger partial charge in [-0.2, -0.15) is 13.2 Å². The fraction of sp³-hybridized carbons (Fsp3) is 0.375. The Balaban J connectivity index is 2.79. The van der Waals surface area contributed by atoms with Gasteiger partial charge in [0.15, 0.2) is 0 Å². The Morgan fingerprint density at radius 3 is 2.71 bits per heavy atom. The summed E-state index contributed by atoms with van der Waals surface area (Å²) in [6.07, 6.45) is -3.22. The van der Waals surface area contributed by atoms with Crippen LogP contribution in [0.1, 0.15) is 5.56 Å². The summed E-state index contributed by atoms with van der Waals surface area (Å²) in [5.41, 5.74) is -0.715. The second-order valence-corrected chi connectivity index (χ2v) is 3.57. The van der Waals surface area contributed by atoms with Crippen molar-refractivity contribution in [1.29, 1.82) is 0 Å². The van der Waals surface area contributed by atoms with Crippen LogP contribution in [-0.2, 0) is 6.18 Å². The third-order valence-electron chi connectivity index (χ3n) is 1.40. The summed E-state index contributed by atoms with van der Waals surface area (Å²) in [6.45, 7) is -0.0808. The maximum absolute atomic E-state index is 12.2. The monoisotopic (exact) mass is 223 g/mol. The Bertz CT molecular complexity index is 303. The van der Waals surface area contributed by atoms with E-state index in [-0.39, 0.29) is 11.6 Å². The molecule has 0 aliphatic rings. The van der Waals surface area contributed by atoms with Crippen LogP contribution in [0.5, 0.6) is 0 Å². The van der Waals surface area contributed by atoms with Crippen LogP contribution in [0.25, 0.3) is 0 Å². The van der Waals surface area contributed by atoms with Crippen LogP contribution < -0.4 is 0 Å². The molecule has 0 aliphatic carbocycles. The largest absolute Gasteiger partial charge is 0.416 e. The first-order valence-corrected chi connectivity index (χ1v) is 4.79. The number of halogens is 3. The third-order valence-corrected chi connectivity index (χ3v) is 2.31. The van der Waals surface area contributed by atoms with Gasteiger partial charge in [-0.05, 0) is 12.1 Å². The summed E-state index contributed by atoms with van der Waals surface area (Å²) < 4.78 is 36.6. The second-order valence-electron chi connectivity index (χ2n) is 2.45. The molecule has 78 valence electrons. The number of aliphatic hydroxyl groups is 1. The molecule has 1 heterocycles. The van der Waals surface area contributed by atoms with Crippen LogP contribution in [0.3, 0.4) is 0 Å². The highest BCUT2D eigenvalue weighted by Gasteiger charge is 2.30. The first-order chi connectivity index (χ1) is 6.54. The average Bonchev–Trinajstić information content (AvgIpc) is 2.14. The fourth-order valence-corrected chi connectivity index (χ4v) is 1.46. The highest BCUT2D eigenvalue weighted by molar-refractivity contribution is 7.99. The minimum atomic E-state index is -4.34. The number of pyridine rings is 1. The standard InChI is InChI=1S/C8H8F3NOS/c9-8(10,11)6-1-2-12-7(5-6)14-4-3-13/h1-2,5,13H,3-4H2. The lowest BCUT2D eigenvalue weighted by Gasteiger charge is -2.07. The molecule has 0 atom stereocenters. The fourth-order valence-electron chi connectivity index (χ4n) is 0.815. The van der Waals surface area contributed by atoms with Crippen molar-refractivity contribution in [2.24, 2.45) is 0 Å². The smallest absolute Gasteiger partial charge is 0.396 e. The Labute approximate surface area is 83.2 Å². The van der Waals surface area contributed by atoms with Crippen molar-refractivity contribution < 1.29 is 18.3 Å². The highest BCUT2D eigenvalue weighted by atomic mass is 32.2. The maximum Gasteiger partial charge on any atom is 0.416 e. The molecular formula is C8H8F3NOS. The van der Waals surface area contributed by atoms with Gasteiger partial charge in [0, 0.05) is 11.9 Å². The van der Waals surface area contributed by atoms with Crippen LogP contribution in [0.4, 0.5) is 13.2 Å². The van der Waals surface area contributed by atoms with E-state index in [9.17, 15) is 13.2 Å². The zero-order valence-corrected chi connectivity index (χ0v) is 7.90. The molecule has 0 aromatic carbocycles. The van der Waals surface area contributed by atoms with E-state index in [1.165, 1.54) is 0 Å². The van der Waals surface area contributed by atoms with E-state index in [1.54, 1.807) is 0 Å². The van der Waals surface area contributed by atoms with E-state index in [0.29, 0.717) is 5.75 Å². The van der Waals surface area contributed by atoms with Gasteiger partial charge >= 0.3 is 6.18 Å². The van der Waals surface area contributed by atoms with Crippen molar-refractivity contribution in [3.63, 3.8) is 0 Å². The van der Waals surface area contributed by atoms with Gasteiger partial charge in [-0.3, -0.25) is 0 Å². The van der Waals surface area contributed by atoms with Crippen molar-refractivity contribution in [3.05, 3.63) is 23.9 Å². The van der Waals surface area contributed by atoms with Crippen molar-refractivity contribution in [2.45, 2.75) is 11.2 Å². The maximum atomic E-state index is 12.2. The number of alkyl halides is 3. The van der Waals surface area contributed by atoms with Gasteiger partial charge in [0.05, 0.1) is 17.2 Å². The summed E-state index contributed by atoms with van der Waals surface area (Å²) >= 11 is 1.09. The first-order valence-electron chi connectivity index (χ1n) is 3.81. The first kappa shape index (κ1) is 11.3. The highest BCUT2D eigenvalue weighted by Crippen LogP contribution is 2.30. The third kappa shape index (κ3) is 3.19. The van der Waals surface area contributed by atoms with Crippen molar-refractivity contribution >= 4 is 11.8 Å². The lowest BCUT2D eigenvalue weighted by atomic mass is 10.3. The van der Waals surface area contributed by atoms with Gasteiger partial charge in [0.1, 0.15) is 0 Å². The molecule has 0 radical (unpaired) electrons. The molecule has 0 unspecified atom stereocenters. The minimum Gasteiger partial charge on any atom is -0.396 e. The van der Waals surface area contributed by atoms with Crippen LogP contribution in [0, 0.1) is 0 Å². The number of hydrogen-bond donors (Lipinski definition) is 1. The van der Waals surface area contributed by atoms with Crippen LogP contribution >= 0.6 is 11.8 Å². The lowest BCUT2D eigenvalue weighted by molar-refractivity contribution is -0.137. The Morgan fingerprint density at radius 2 is 2.14 bits per heavy atom. The minimum absolute atomic E-state index is 0.0808. The molecule has 0 saturated heterocycles. The predicted molar refractivity (Wildman–Crippen MR) is 47.0 cm³/mol. The summed E-state index contributed by atoms with van der Waals surface area (Å²) in [5.74, 6) is 0.342. The van der Waals surface area contributed by atoms with E-state index in [4.69, 9.17) is 5.11 Å². The molecule has 1 aromatic heterocycles. The molecule has 0 bridgehead atoms. The van der Waals surface area contributed by atoms with Crippen LogP contribution in [0.2, 0.25) is 0 Å². The number of aliphatic hydroxyl groups excluding tert-OH is 1. The zero-order valence-electron chi connectivity index (χ0n) is 7.08. The topological polar surface area (TPSA) is 33.1 Å². The van der Waals surface area contributed by atoms with Gasteiger partial charge in [0.25, 0.3) is 0 Å². The van der Waals surface area contributed by atoms with Crippen molar-refractivity contribution in [3.8, 4) is 0 Å². The number of aromatic nitrogens is 1. The van der Waals surface area contributed by atoms with Gasteiger partial charge in [-0.25, -0.2) is 4.98 Å². The van der Waals surface area contributed by atoms with Gasteiger partial charge < -0.3 is 5.11 Å². The summed E-state index contributed by atoms with van der Waals surface area (Å²) in [5, 5.41) is 8.76. The molecule has 1 rings (SSSR count). The molecule has 0 aliphatic heterocycles. The molecule has 0 fully saturated rings. The number of hydrogen-bond acceptors (Lipinski definition) is 3. The number of nitrogens with zero attached hydrogens (tertiary/aromatic N) is 1. The van der Waals surface area contributed by atoms with Gasteiger partial charge in [0.2, 0.25) is 0 Å². The SMILES string of the molecule is OCCSc1cc(C(F)(F)F)ccn1. The molecule has 0 amide bonds. The Hall–Kier alpha value is -0.750. The number of thioether (sulfide) groups is 1. The molecule has 14 heavy (non-hydrogen) atoms. The Kier molecular flexibility index (Phi) is 3.77. The van der Waals surface area contributed by atoms with Crippen molar-refractivity contribution in [1.82, 2.24) is 4.98 Å². The molecule has 0 saturated carbocycles. The van der Waals surface area contributed by atoms with E-state index >= 15 is 0 Å². The molecule has 0 spiro atoms. The molecule has 6 heteroatoms. The molecule has 1 aromatic rings. The predicted octanol–water partition coefficient (Wildman–Crippen LogP) is 2.18. The summed E-state index contributed by atoms with van der Waals surface area (Å²) in [7, 11) is 0. The van der Waals surface area contributed by atoms with E-state index < -0.39 is 11.7 Å². The second kappa shape index (κ2) is 4.65.